The van der Waals surface area contributed by atoms with Crippen LogP contribution >= 0.6 is 11.3 Å². The van der Waals surface area contributed by atoms with Crippen molar-refractivity contribution in [2.45, 2.75) is 32.1 Å². The summed E-state index contributed by atoms with van der Waals surface area (Å²) in [6, 6.07) is 2.08. The molecule has 6 heteroatoms. The normalized spacial score (nSPS) is 14.0. The van der Waals surface area contributed by atoms with E-state index in [2.05, 4.69) is 26.7 Å². The van der Waals surface area contributed by atoms with Gasteiger partial charge in [0.25, 0.3) is 5.91 Å². The minimum Gasteiger partial charge on any atom is -0.367 e. The van der Waals surface area contributed by atoms with Crippen molar-refractivity contribution >= 4 is 23.1 Å². The Morgan fingerprint density at radius 2 is 2.09 bits per heavy atom. The van der Waals surface area contributed by atoms with Gasteiger partial charge >= 0.3 is 0 Å². The van der Waals surface area contributed by atoms with Gasteiger partial charge in [0.15, 0.2) is 0 Å². The average molecular weight is 316 g/mol. The standard InChI is InChI=1S/C16H20N4OS/c21-16(20-9-8-19-15-11-17-6-7-18-15)14-10-12-4-2-1-3-5-13(12)22-14/h6-7,10-11H,1-5,8-9H2,(H,18,19)(H,20,21). The Bertz CT molecular complexity index is 603. The van der Waals surface area contributed by atoms with E-state index in [1.807, 2.05) is 0 Å². The lowest BCUT2D eigenvalue weighted by Gasteiger charge is -2.05. The molecule has 0 unspecified atom stereocenters. The first-order valence-corrected chi connectivity index (χ1v) is 8.54. The van der Waals surface area contributed by atoms with Gasteiger partial charge in [0.05, 0.1) is 11.1 Å². The third kappa shape index (κ3) is 3.82. The molecule has 0 radical (unpaired) electrons. The highest BCUT2D eigenvalue weighted by Crippen LogP contribution is 2.28. The predicted octanol–water partition coefficient (Wildman–Crippen LogP) is 2.65. The molecular weight excluding hydrogens is 296 g/mol. The molecule has 22 heavy (non-hydrogen) atoms. The number of fused-ring (bicyclic) bond motifs is 1. The maximum Gasteiger partial charge on any atom is 0.261 e. The number of nitrogens with zero attached hydrogens (tertiary/aromatic N) is 2. The molecule has 0 saturated carbocycles. The number of anilines is 1. The number of nitrogens with one attached hydrogen (secondary N) is 2. The molecule has 1 aliphatic carbocycles. The van der Waals surface area contributed by atoms with E-state index in [0.717, 1.165) is 23.5 Å². The Morgan fingerprint density at radius 1 is 1.18 bits per heavy atom. The highest BCUT2D eigenvalue weighted by atomic mass is 32.1. The topological polar surface area (TPSA) is 66.9 Å². The molecule has 116 valence electrons. The summed E-state index contributed by atoms with van der Waals surface area (Å²) >= 11 is 1.66. The largest absolute Gasteiger partial charge is 0.367 e. The van der Waals surface area contributed by atoms with E-state index < -0.39 is 0 Å². The Morgan fingerprint density at radius 3 is 2.95 bits per heavy atom. The molecular formula is C16H20N4OS. The number of aromatic nitrogens is 2. The van der Waals surface area contributed by atoms with Crippen molar-refractivity contribution in [1.82, 2.24) is 15.3 Å². The van der Waals surface area contributed by atoms with Crippen LogP contribution in [-0.2, 0) is 12.8 Å². The first kappa shape index (κ1) is 15.0. The van der Waals surface area contributed by atoms with Crippen LogP contribution in [0.3, 0.4) is 0 Å². The van der Waals surface area contributed by atoms with E-state index in [0.29, 0.717) is 13.1 Å². The molecule has 5 nitrogen and oxygen atoms in total. The third-order valence-corrected chi connectivity index (χ3v) is 4.99. The van der Waals surface area contributed by atoms with Gasteiger partial charge in [-0.15, -0.1) is 11.3 Å². The van der Waals surface area contributed by atoms with Gasteiger partial charge in [-0.1, -0.05) is 6.42 Å². The van der Waals surface area contributed by atoms with Crippen LogP contribution in [0.15, 0.2) is 24.7 Å². The maximum atomic E-state index is 12.2. The quantitative estimate of drug-likeness (QED) is 0.657. The van der Waals surface area contributed by atoms with Crippen molar-refractivity contribution < 1.29 is 4.79 Å². The number of rotatable bonds is 5. The second kappa shape index (κ2) is 7.35. The second-order valence-corrected chi connectivity index (χ2v) is 6.53. The zero-order valence-corrected chi connectivity index (χ0v) is 13.3. The summed E-state index contributed by atoms with van der Waals surface area (Å²) in [7, 11) is 0. The molecule has 2 aromatic heterocycles. The summed E-state index contributed by atoms with van der Waals surface area (Å²) in [4.78, 5) is 22.5. The lowest BCUT2D eigenvalue weighted by atomic mass is 10.1. The lowest BCUT2D eigenvalue weighted by molar-refractivity contribution is 0.0959. The zero-order valence-electron chi connectivity index (χ0n) is 12.5. The van der Waals surface area contributed by atoms with Gasteiger partial charge in [-0.05, 0) is 37.3 Å². The highest BCUT2D eigenvalue weighted by molar-refractivity contribution is 7.14. The van der Waals surface area contributed by atoms with Crippen LogP contribution in [0.25, 0.3) is 0 Å². The molecule has 0 bridgehead atoms. The molecule has 2 heterocycles. The molecule has 0 atom stereocenters. The molecule has 0 aromatic carbocycles. The van der Waals surface area contributed by atoms with Gasteiger partial charge in [0.1, 0.15) is 5.82 Å². The number of carbonyl (C=O) groups excluding carboxylic acids is 1. The van der Waals surface area contributed by atoms with E-state index in [1.54, 1.807) is 29.9 Å². The molecule has 0 spiro atoms. The SMILES string of the molecule is O=C(NCCNc1cnccn1)c1cc2c(s1)CCCCC2. The third-order valence-electron chi connectivity index (χ3n) is 3.75. The second-order valence-electron chi connectivity index (χ2n) is 5.39. The molecule has 2 aromatic rings. The monoisotopic (exact) mass is 316 g/mol. The molecule has 1 amide bonds. The van der Waals surface area contributed by atoms with E-state index in [9.17, 15) is 4.79 Å². The van der Waals surface area contributed by atoms with Crippen LogP contribution in [0.2, 0.25) is 0 Å². The average Bonchev–Trinajstić information content (AvgIpc) is 2.83. The van der Waals surface area contributed by atoms with Gasteiger partial charge < -0.3 is 10.6 Å². The van der Waals surface area contributed by atoms with E-state index in [1.165, 1.54) is 29.7 Å². The number of carbonyl (C=O) groups is 1. The maximum absolute atomic E-state index is 12.2. The summed E-state index contributed by atoms with van der Waals surface area (Å²) in [6.45, 7) is 1.20. The summed E-state index contributed by atoms with van der Waals surface area (Å²) in [5.41, 5.74) is 1.38. The number of hydrogen-bond acceptors (Lipinski definition) is 5. The van der Waals surface area contributed by atoms with E-state index in [4.69, 9.17) is 0 Å². The van der Waals surface area contributed by atoms with Gasteiger partial charge in [-0.2, -0.15) is 0 Å². The zero-order chi connectivity index (χ0) is 15.2. The Labute approximate surface area is 134 Å². The van der Waals surface area contributed by atoms with Crippen molar-refractivity contribution in [3.63, 3.8) is 0 Å². The fraction of sp³-hybridized carbons (Fsp3) is 0.438. The number of thiophene rings is 1. The van der Waals surface area contributed by atoms with Crippen molar-refractivity contribution in [2.24, 2.45) is 0 Å². The first-order chi connectivity index (χ1) is 10.8. The fourth-order valence-corrected chi connectivity index (χ4v) is 3.79. The fourth-order valence-electron chi connectivity index (χ4n) is 2.62. The van der Waals surface area contributed by atoms with Crippen LogP contribution < -0.4 is 10.6 Å². The Kier molecular flexibility index (Phi) is 5.00. The summed E-state index contributed by atoms with van der Waals surface area (Å²) in [6.07, 6.45) is 11.0. The van der Waals surface area contributed by atoms with Gasteiger partial charge in [-0.25, -0.2) is 4.98 Å². The summed E-state index contributed by atoms with van der Waals surface area (Å²) in [5.74, 6) is 0.749. The number of amides is 1. The van der Waals surface area contributed by atoms with Crippen LogP contribution in [0.4, 0.5) is 5.82 Å². The molecule has 1 aliphatic rings. The highest BCUT2D eigenvalue weighted by Gasteiger charge is 2.15. The summed E-state index contributed by atoms with van der Waals surface area (Å²) in [5, 5.41) is 6.08. The smallest absolute Gasteiger partial charge is 0.261 e. The van der Waals surface area contributed by atoms with Gasteiger partial charge in [0, 0.05) is 30.4 Å². The Hall–Kier alpha value is -1.95. The van der Waals surface area contributed by atoms with Crippen LogP contribution in [0, 0.1) is 0 Å². The molecule has 0 aliphatic heterocycles. The van der Waals surface area contributed by atoms with Crippen molar-refractivity contribution in [3.05, 3.63) is 40.0 Å². The van der Waals surface area contributed by atoms with Crippen LogP contribution in [0.5, 0.6) is 0 Å². The minimum absolute atomic E-state index is 0.0269. The van der Waals surface area contributed by atoms with Crippen LogP contribution in [-0.4, -0.2) is 29.0 Å². The van der Waals surface area contributed by atoms with Gasteiger partial charge in [-0.3, -0.25) is 9.78 Å². The van der Waals surface area contributed by atoms with Crippen molar-refractivity contribution in [3.8, 4) is 0 Å². The van der Waals surface area contributed by atoms with Crippen molar-refractivity contribution in [1.29, 1.82) is 0 Å². The lowest BCUT2D eigenvalue weighted by Crippen LogP contribution is -2.28. The van der Waals surface area contributed by atoms with Crippen molar-refractivity contribution in [2.75, 3.05) is 18.4 Å². The number of aryl methyl sites for hydroxylation is 2. The minimum atomic E-state index is 0.0269. The molecule has 0 saturated heterocycles. The Balaban J connectivity index is 1.48. The number of hydrogen-bond donors (Lipinski definition) is 2. The van der Waals surface area contributed by atoms with Crippen LogP contribution in [0.1, 0.15) is 39.4 Å². The van der Waals surface area contributed by atoms with E-state index in [-0.39, 0.29) is 5.91 Å². The summed E-state index contributed by atoms with van der Waals surface area (Å²) < 4.78 is 0. The molecule has 0 fully saturated rings. The van der Waals surface area contributed by atoms with Gasteiger partial charge in [0.2, 0.25) is 0 Å². The predicted molar refractivity (Wildman–Crippen MR) is 88.4 cm³/mol. The first-order valence-electron chi connectivity index (χ1n) is 7.72. The molecule has 3 rings (SSSR count). The van der Waals surface area contributed by atoms with E-state index >= 15 is 0 Å². The molecule has 2 N–H and O–H groups in total.